The lowest BCUT2D eigenvalue weighted by Crippen LogP contribution is -2.50. The van der Waals surface area contributed by atoms with E-state index >= 15 is 0 Å². The first-order chi connectivity index (χ1) is 13.6. The van der Waals surface area contributed by atoms with E-state index in [2.05, 4.69) is 4.98 Å². The summed E-state index contributed by atoms with van der Waals surface area (Å²) in [6.45, 7) is 1.33. The topological polar surface area (TPSA) is 62.7 Å². The van der Waals surface area contributed by atoms with Gasteiger partial charge in [-0.3, -0.25) is 9.69 Å². The van der Waals surface area contributed by atoms with Gasteiger partial charge in [-0.15, -0.1) is 0 Å². The average Bonchev–Trinajstić information content (AvgIpc) is 3.09. The number of nitrogens with zero attached hydrogens (tertiary/aromatic N) is 3. The van der Waals surface area contributed by atoms with E-state index in [1.165, 1.54) is 12.3 Å². The molecule has 2 aliphatic heterocycles. The minimum atomic E-state index is -0.749. The molecule has 2 amide bonds. The Balaban J connectivity index is 1.40. The molecular weight excluding hydrogens is 361 g/mol. The van der Waals surface area contributed by atoms with E-state index in [1.807, 2.05) is 35.2 Å². The Bertz CT molecular complexity index is 853. The molecule has 2 aliphatic rings. The molecule has 3 heterocycles. The molecule has 4 rings (SSSR count). The van der Waals surface area contributed by atoms with Crippen LogP contribution in [0.15, 0.2) is 48.7 Å². The van der Waals surface area contributed by atoms with Crippen LogP contribution >= 0.6 is 0 Å². The van der Waals surface area contributed by atoms with Crippen molar-refractivity contribution in [2.24, 2.45) is 0 Å². The number of aromatic nitrogens is 1. The zero-order chi connectivity index (χ0) is 19.5. The van der Waals surface area contributed by atoms with Crippen LogP contribution in [0.25, 0.3) is 0 Å². The highest BCUT2D eigenvalue weighted by Gasteiger charge is 2.40. The number of piperidine rings is 1. The summed E-state index contributed by atoms with van der Waals surface area (Å²) in [5, 5.41) is 0. The Labute approximate surface area is 162 Å². The monoisotopic (exact) mass is 383 g/mol. The van der Waals surface area contributed by atoms with Crippen molar-refractivity contribution in [3.8, 4) is 0 Å². The van der Waals surface area contributed by atoms with Gasteiger partial charge in [-0.25, -0.2) is 9.78 Å². The quantitative estimate of drug-likeness (QED) is 0.762. The lowest BCUT2D eigenvalue weighted by molar-refractivity contribution is 0.0631. The van der Waals surface area contributed by atoms with Crippen LogP contribution in [-0.2, 0) is 11.2 Å². The van der Waals surface area contributed by atoms with Crippen molar-refractivity contribution in [1.82, 2.24) is 14.8 Å². The lowest BCUT2D eigenvalue weighted by atomic mass is 9.99. The van der Waals surface area contributed by atoms with Crippen molar-refractivity contribution < 1.29 is 18.7 Å². The lowest BCUT2D eigenvalue weighted by Gasteiger charge is -2.38. The summed E-state index contributed by atoms with van der Waals surface area (Å²) in [5.74, 6) is -1.10. The summed E-state index contributed by atoms with van der Waals surface area (Å²) in [7, 11) is 0. The number of hydrogen-bond donors (Lipinski definition) is 0. The van der Waals surface area contributed by atoms with Crippen molar-refractivity contribution in [3.63, 3.8) is 0 Å². The van der Waals surface area contributed by atoms with E-state index in [4.69, 9.17) is 4.74 Å². The van der Waals surface area contributed by atoms with Gasteiger partial charge >= 0.3 is 6.09 Å². The molecule has 0 spiro atoms. The Morgan fingerprint density at radius 3 is 2.61 bits per heavy atom. The van der Waals surface area contributed by atoms with Crippen LogP contribution in [0.4, 0.5) is 9.18 Å². The van der Waals surface area contributed by atoms with E-state index < -0.39 is 5.95 Å². The van der Waals surface area contributed by atoms with Crippen molar-refractivity contribution in [2.75, 3.05) is 19.7 Å². The van der Waals surface area contributed by atoms with Gasteiger partial charge in [0.25, 0.3) is 5.91 Å². The van der Waals surface area contributed by atoms with Gasteiger partial charge in [0.2, 0.25) is 5.95 Å². The second-order valence-electron chi connectivity index (χ2n) is 7.19. The van der Waals surface area contributed by atoms with Crippen molar-refractivity contribution in [1.29, 1.82) is 0 Å². The van der Waals surface area contributed by atoms with Gasteiger partial charge in [-0.1, -0.05) is 30.3 Å². The molecule has 28 heavy (non-hydrogen) atoms. The molecule has 2 saturated heterocycles. The maximum Gasteiger partial charge on any atom is 0.410 e. The smallest absolute Gasteiger partial charge is 0.410 e. The maximum absolute atomic E-state index is 13.8. The van der Waals surface area contributed by atoms with Crippen LogP contribution in [-0.4, -0.2) is 58.6 Å². The van der Waals surface area contributed by atoms with Crippen LogP contribution in [0, 0.1) is 5.95 Å². The number of carbonyl (C=O) groups excluding carboxylic acids is 2. The largest absolute Gasteiger partial charge is 0.447 e. The molecule has 7 heteroatoms. The van der Waals surface area contributed by atoms with Gasteiger partial charge in [0.05, 0.1) is 11.6 Å². The van der Waals surface area contributed by atoms with Crippen LogP contribution in [0.1, 0.15) is 28.8 Å². The Hall–Kier alpha value is -2.96. The number of ether oxygens (including phenoxy) is 1. The van der Waals surface area contributed by atoms with Gasteiger partial charge < -0.3 is 9.64 Å². The summed E-state index contributed by atoms with van der Waals surface area (Å²) >= 11 is 0. The van der Waals surface area contributed by atoms with E-state index in [0.717, 1.165) is 12.0 Å². The first-order valence-electron chi connectivity index (χ1n) is 9.52. The predicted molar refractivity (Wildman–Crippen MR) is 100 cm³/mol. The SMILES string of the molecule is O=C(c1cccnc1F)N1CCC(N2C(=O)OCC2Cc2ccccc2)CC1. The molecule has 1 aromatic carbocycles. The number of likely N-dealkylation sites (tertiary alicyclic amines) is 1. The van der Waals surface area contributed by atoms with E-state index in [-0.39, 0.29) is 29.6 Å². The third kappa shape index (κ3) is 3.69. The Kier molecular flexibility index (Phi) is 5.23. The predicted octanol–water partition coefficient (Wildman–Crippen LogP) is 2.89. The summed E-state index contributed by atoms with van der Waals surface area (Å²) in [5.41, 5.74) is 1.15. The molecule has 2 aromatic rings. The van der Waals surface area contributed by atoms with Crippen molar-refractivity contribution in [3.05, 3.63) is 65.7 Å². The molecule has 2 fully saturated rings. The van der Waals surface area contributed by atoms with E-state index in [1.54, 1.807) is 11.0 Å². The number of carbonyl (C=O) groups is 2. The van der Waals surface area contributed by atoms with Crippen LogP contribution in [0.2, 0.25) is 0 Å². The van der Waals surface area contributed by atoms with Gasteiger partial charge in [0, 0.05) is 25.3 Å². The number of cyclic esters (lactones) is 1. The van der Waals surface area contributed by atoms with Gasteiger partial charge in [0.1, 0.15) is 6.61 Å². The molecule has 1 unspecified atom stereocenters. The Morgan fingerprint density at radius 2 is 1.89 bits per heavy atom. The minimum absolute atomic E-state index is 0.00193. The summed E-state index contributed by atoms with van der Waals surface area (Å²) in [6.07, 6.45) is 3.07. The summed E-state index contributed by atoms with van der Waals surface area (Å²) in [6, 6.07) is 13.1. The zero-order valence-corrected chi connectivity index (χ0v) is 15.5. The van der Waals surface area contributed by atoms with Crippen LogP contribution in [0.3, 0.4) is 0 Å². The fourth-order valence-corrected chi connectivity index (χ4v) is 4.03. The second kappa shape index (κ2) is 7.96. The van der Waals surface area contributed by atoms with Crippen LogP contribution in [0.5, 0.6) is 0 Å². The number of pyridine rings is 1. The number of rotatable bonds is 4. The van der Waals surface area contributed by atoms with Gasteiger partial charge in [0.15, 0.2) is 0 Å². The first-order valence-corrected chi connectivity index (χ1v) is 9.52. The van der Waals surface area contributed by atoms with Gasteiger partial charge in [-0.2, -0.15) is 4.39 Å². The van der Waals surface area contributed by atoms with Crippen molar-refractivity contribution in [2.45, 2.75) is 31.3 Å². The zero-order valence-electron chi connectivity index (χ0n) is 15.5. The number of hydrogen-bond acceptors (Lipinski definition) is 4. The highest BCUT2D eigenvalue weighted by Crippen LogP contribution is 2.26. The molecule has 0 N–H and O–H groups in total. The molecule has 6 nitrogen and oxygen atoms in total. The second-order valence-corrected chi connectivity index (χ2v) is 7.19. The molecule has 0 bridgehead atoms. The highest BCUT2D eigenvalue weighted by molar-refractivity contribution is 5.94. The standard InChI is InChI=1S/C21H22FN3O3/c22-19-18(7-4-10-23-19)20(26)24-11-8-16(9-12-24)25-17(14-28-21(25)27)13-15-5-2-1-3-6-15/h1-7,10,16-17H,8-9,11-14H2. The normalized spacial score (nSPS) is 20.3. The van der Waals surface area contributed by atoms with Crippen molar-refractivity contribution >= 4 is 12.0 Å². The fourth-order valence-electron chi connectivity index (χ4n) is 4.03. The molecular formula is C21H22FN3O3. The fraction of sp³-hybridized carbons (Fsp3) is 0.381. The minimum Gasteiger partial charge on any atom is -0.447 e. The molecule has 0 saturated carbocycles. The summed E-state index contributed by atoms with van der Waals surface area (Å²) < 4.78 is 19.1. The van der Waals surface area contributed by atoms with E-state index in [0.29, 0.717) is 32.5 Å². The molecule has 0 radical (unpaired) electrons. The first kappa shape index (κ1) is 18.4. The molecule has 146 valence electrons. The van der Waals surface area contributed by atoms with Gasteiger partial charge in [-0.05, 0) is 37.0 Å². The molecule has 0 aliphatic carbocycles. The number of amides is 2. The third-order valence-corrected chi connectivity index (χ3v) is 5.45. The molecule has 1 atom stereocenters. The number of benzene rings is 1. The van der Waals surface area contributed by atoms with Crippen LogP contribution < -0.4 is 0 Å². The Morgan fingerprint density at radius 1 is 1.14 bits per heavy atom. The number of halogens is 1. The average molecular weight is 383 g/mol. The van der Waals surface area contributed by atoms with E-state index in [9.17, 15) is 14.0 Å². The summed E-state index contributed by atoms with van der Waals surface area (Å²) in [4.78, 5) is 31.9. The third-order valence-electron chi connectivity index (χ3n) is 5.45. The maximum atomic E-state index is 13.8. The molecule has 1 aromatic heterocycles. The highest BCUT2D eigenvalue weighted by atomic mass is 19.1.